The Balaban J connectivity index is 2.45. The Labute approximate surface area is 112 Å². The van der Waals surface area contributed by atoms with Crippen molar-refractivity contribution in [3.63, 3.8) is 0 Å². The molecule has 1 aliphatic rings. The number of aliphatic hydroxyl groups excluding tert-OH is 1. The van der Waals surface area contributed by atoms with Gasteiger partial charge in [0, 0.05) is 26.7 Å². The molecule has 7 nitrogen and oxygen atoms in total. The molecule has 110 valence electrons. The molecule has 1 aliphatic carbocycles. The summed E-state index contributed by atoms with van der Waals surface area (Å²) in [4.78, 5) is 24.5. The van der Waals surface area contributed by atoms with E-state index in [-0.39, 0.29) is 25.7 Å². The zero-order valence-electron chi connectivity index (χ0n) is 11.2. The van der Waals surface area contributed by atoms with E-state index in [1.165, 1.54) is 12.0 Å². The average Bonchev–Trinajstić information content (AvgIpc) is 2.32. The predicted octanol–water partition coefficient (Wildman–Crippen LogP) is -0.108. The second kappa shape index (κ2) is 7.30. The first kappa shape index (κ1) is 15.7. The molecular formula is C12H22N2O5. The van der Waals surface area contributed by atoms with E-state index in [0.717, 1.165) is 6.42 Å². The number of hydrogen-bond donors (Lipinski definition) is 3. The van der Waals surface area contributed by atoms with E-state index >= 15 is 0 Å². The monoisotopic (exact) mass is 274 g/mol. The summed E-state index contributed by atoms with van der Waals surface area (Å²) >= 11 is 0. The fraction of sp³-hybridized carbons (Fsp3) is 0.833. The Morgan fingerprint density at radius 2 is 2.05 bits per heavy atom. The van der Waals surface area contributed by atoms with Crippen LogP contribution in [0.15, 0.2) is 0 Å². The van der Waals surface area contributed by atoms with Gasteiger partial charge in [0.25, 0.3) is 0 Å². The number of nitrogens with one attached hydrogen (secondary N) is 1. The first-order valence-corrected chi connectivity index (χ1v) is 6.42. The zero-order chi connectivity index (χ0) is 14.3. The predicted molar refractivity (Wildman–Crippen MR) is 67.9 cm³/mol. The Bertz CT molecular complexity index is 317. The highest BCUT2D eigenvalue weighted by Crippen LogP contribution is 2.40. The van der Waals surface area contributed by atoms with E-state index in [9.17, 15) is 9.59 Å². The van der Waals surface area contributed by atoms with Crippen LogP contribution in [0.2, 0.25) is 0 Å². The molecule has 2 amide bonds. The van der Waals surface area contributed by atoms with Crippen molar-refractivity contribution >= 4 is 12.0 Å². The molecule has 1 saturated carbocycles. The number of rotatable bonds is 8. The molecule has 0 radical (unpaired) electrons. The number of urea groups is 1. The topological polar surface area (TPSA) is 99.1 Å². The molecule has 0 aliphatic heterocycles. The standard InChI is InChI=1S/C12H22N2O5/c1-19-8-6-14(5-7-15)11(18)13-9-12(10(16)17)3-2-4-12/h15H,2-9H2,1H3,(H,13,18)(H,16,17). The SMILES string of the molecule is COCCN(CCO)C(=O)NCC1(C(=O)O)CCC1. The lowest BCUT2D eigenvalue weighted by Crippen LogP contribution is -2.51. The Kier molecular flexibility index (Phi) is 6.04. The zero-order valence-corrected chi connectivity index (χ0v) is 11.2. The van der Waals surface area contributed by atoms with Crippen LogP contribution in [0.1, 0.15) is 19.3 Å². The fourth-order valence-electron chi connectivity index (χ4n) is 2.06. The molecule has 0 aromatic heterocycles. The van der Waals surface area contributed by atoms with E-state index in [1.54, 1.807) is 0 Å². The molecule has 3 N–H and O–H groups in total. The molecule has 1 fully saturated rings. The molecule has 0 unspecified atom stereocenters. The maximum absolute atomic E-state index is 11.9. The summed E-state index contributed by atoms with van der Waals surface area (Å²) in [5.41, 5.74) is -0.804. The fourth-order valence-corrected chi connectivity index (χ4v) is 2.06. The average molecular weight is 274 g/mol. The largest absolute Gasteiger partial charge is 0.481 e. The quantitative estimate of drug-likeness (QED) is 0.573. The molecule has 0 atom stereocenters. The van der Waals surface area contributed by atoms with Gasteiger partial charge in [0.15, 0.2) is 0 Å². The number of carbonyl (C=O) groups is 2. The minimum absolute atomic E-state index is 0.135. The van der Waals surface area contributed by atoms with E-state index in [0.29, 0.717) is 26.0 Å². The van der Waals surface area contributed by atoms with Gasteiger partial charge in [-0.15, -0.1) is 0 Å². The van der Waals surface area contributed by atoms with Crippen LogP contribution >= 0.6 is 0 Å². The first-order valence-electron chi connectivity index (χ1n) is 6.42. The highest BCUT2D eigenvalue weighted by Gasteiger charge is 2.44. The number of nitrogens with zero attached hydrogens (tertiary/aromatic N) is 1. The van der Waals surface area contributed by atoms with Crippen molar-refractivity contribution in [2.75, 3.05) is 40.0 Å². The molecule has 1 rings (SSSR count). The third kappa shape index (κ3) is 4.07. The third-order valence-corrected chi connectivity index (χ3v) is 3.56. The summed E-state index contributed by atoms with van der Waals surface area (Å²) in [6.07, 6.45) is 2.08. The van der Waals surface area contributed by atoms with Crippen LogP contribution in [0.25, 0.3) is 0 Å². The number of carbonyl (C=O) groups excluding carboxylic acids is 1. The Morgan fingerprint density at radius 1 is 1.37 bits per heavy atom. The molecule has 0 heterocycles. The van der Waals surface area contributed by atoms with Gasteiger partial charge in [-0.25, -0.2) is 4.79 Å². The second-order valence-electron chi connectivity index (χ2n) is 4.80. The van der Waals surface area contributed by atoms with Crippen molar-refractivity contribution in [2.24, 2.45) is 5.41 Å². The van der Waals surface area contributed by atoms with Gasteiger partial charge >= 0.3 is 12.0 Å². The molecule has 7 heteroatoms. The maximum Gasteiger partial charge on any atom is 0.317 e. The van der Waals surface area contributed by atoms with E-state index in [4.69, 9.17) is 14.9 Å². The van der Waals surface area contributed by atoms with Crippen molar-refractivity contribution in [1.82, 2.24) is 10.2 Å². The van der Waals surface area contributed by atoms with Crippen molar-refractivity contribution in [3.8, 4) is 0 Å². The van der Waals surface area contributed by atoms with Gasteiger partial charge in [-0.05, 0) is 12.8 Å². The van der Waals surface area contributed by atoms with Crippen LogP contribution in [-0.2, 0) is 9.53 Å². The number of ether oxygens (including phenoxy) is 1. The Morgan fingerprint density at radius 3 is 2.47 bits per heavy atom. The van der Waals surface area contributed by atoms with Crippen LogP contribution in [0, 0.1) is 5.41 Å². The lowest BCUT2D eigenvalue weighted by Gasteiger charge is -2.38. The third-order valence-electron chi connectivity index (χ3n) is 3.56. The number of methoxy groups -OCH3 is 1. The molecule has 0 bridgehead atoms. The number of carboxylic acids is 1. The van der Waals surface area contributed by atoms with Gasteiger partial charge < -0.3 is 25.2 Å². The molecule has 0 aromatic rings. The van der Waals surface area contributed by atoms with Gasteiger partial charge in [-0.2, -0.15) is 0 Å². The normalized spacial score (nSPS) is 16.5. The number of aliphatic carboxylic acids is 1. The van der Waals surface area contributed by atoms with Gasteiger partial charge in [0.1, 0.15) is 0 Å². The minimum Gasteiger partial charge on any atom is -0.481 e. The van der Waals surface area contributed by atoms with Crippen LogP contribution in [0.3, 0.4) is 0 Å². The second-order valence-corrected chi connectivity index (χ2v) is 4.80. The Hall–Kier alpha value is -1.34. The molecule has 0 spiro atoms. The maximum atomic E-state index is 11.9. The highest BCUT2D eigenvalue weighted by molar-refractivity contribution is 5.78. The summed E-state index contributed by atoms with van der Waals surface area (Å²) in [5, 5.41) is 20.7. The van der Waals surface area contributed by atoms with Crippen LogP contribution in [0.4, 0.5) is 4.79 Å². The number of carboxylic acid groups (broad SMARTS) is 1. The van der Waals surface area contributed by atoms with Gasteiger partial charge in [0.2, 0.25) is 0 Å². The summed E-state index contributed by atoms with van der Waals surface area (Å²) in [5.74, 6) is -0.857. The van der Waals surface area contributed by atoms with E-state index < -0.39 is 11.4 Å². The van der Waals surface area contributed by atoms with E-state index in [2.05, 4.69) is 5.32 Å². The first-order chi connectivity index (χ1) is 9.05. The van der Waals surface area contributed by atoms with Gasteiger partial charge in [-0.3, -0.25) is 4.79 Å². The summed E-state index contributed by atoms with van der Waals surface area (Å²) in [6.45, 7) is 0.938. The van der Waals surface area contributed by atoms with Crippen LogP contribution in [-0.4, -0.2) is 67.1 Å². The summed E-state index contributed by atoms with van der Waals surface area (Å²) in [7, 11) is 1.53. The van der Waals surface area contributed by atoms with Crippen LogP contribution in [0.5, 0.6) is 0 Å². The smallest absolute Gasteiger partial charge is 0.317 e. The van der Waals surface area contributed by atoms with Gasteiger partial charge in [-0.1, -0.05) is 6.42 Å². The van der Waals surface area contributed by atoms with Crippen molar-refractivity contribution in [1.29, 1.82) is 0 Å². The number of aliphatic hydroxyl groups is 1. The lowest BCUT2D eigenvalue weighted by atomic mass is 9.69. The lowest BCUT2D eigenvalue weighted by molar-refractivity contribution is -0.153. The molecule has 0 saturated heterocycles. The summed E-state index contributed by atoms with van der Waals surface area (Å²) in [6, 6.07) is -0.362. The van der Waals surface area contributed by atoms with Crippen molar-refractivity contribution in [3.05, 3.63) is 0 Å². The highest BCUT2D eigenvalue weighted by atomic mass is 16.5. The molecule has 19 heavy (non-hydrogen) atoms. The summed E-state index contributed by atoms with van der Waals surface area (Å²) < 4.78 is 4.89. The number of amides is 2. The molecular weight excluding hydrogens is 252 g/mol. The molecule has 0 aromatic carbocycles. The van der Waals surface area contributed by atoms with Crippen molar-refractivity contribution in [2.45, 2.75) is 19.3 Å². The van der Waals surface area contributed by atoms with E-state index in [1.807, 2.05) is 0 Å². The van der Waals surface area contributed by atoms with Gasteiger partial charge in [0.05, 0.1) is 18.6 Å². The number of hydrogen-bond acceptors (Lipinski definition) is 4. The van der Waals surface area contributed by atoms with Crippen LogP contribution < -0.4 is 5.32 Å². The van der Waals surface area contributed by atoms with Crippen molar-refractivity contribution < 1.29 is 24.5 Å². The minimum atomic E-state index is -0.857.